The van der Waals surface area contributed by atoms with Crippen LogP contribution >= 0.6 is 11.6 Å². The Kier molecular flexibility index (Phi) is 6.86. The molecule has 0 fully saturated rings. The molecule has 2 aromatic rings. The van der Waals surface area contributed by atoms with Crippen molar-refractivity contribution in [2.75, 3.05) is 17.3 Å². The van der Waals surface area contributed by atoms with E-state index in [1.807, 2.05) is 6.07 Å². The summed E-state index contributed by atoms with van der Waals surface area (Å²) < 4.78 is 6.17. The minimum absolute atomic E-state index is 0.176. The van der Waals surface area contributed by atoms with E-state index in [0.29, 0.717) is 40.4 Å². The van der Waals surface area contributed by atoms with E-state index >= 15 is 0 Å². The number of carbonyl (C=O) groups is 2. The average Bonchev–Trinajstić information content (AvgIpc) is 2.72. The van der Waals surface area contributed by atoms with E-state index in [-0.39, 0.29) is 17.9 Å². The van der Waals surface area contributed by atoms with Gasteiger partial charge in [-0.15, -0.1) is 0 Å². The quantitative estimate of drug-likeness (QED) is 0.655. The first-order valence-corrected chi connectivity index (χ1v) is 10.8. The number of likely N-dealkylation sites (N-methyl/N-ethyl adjacent to an activating group) is 1. The Hall–Kier alpha value is -2.64. The van der Waals surface area contributed by atoms with Crippen molar-refractivity contribution in [3.63, 3.8) is 0 Å². The number of amides is 2. The van der Waals surface area contributed by atoms with Gasteiger partial charge in [0.2, 0.25) is 11.8 Å². The van der Waals surface area contributed by atoms with Crippen molar-refractivity contribution >= 4 is 40.6 Å². The Balaban J connectivity index is 2.04. The van der Waals surface area contributed by atoms with Gasteiger partial charge in [0.1, 0.15) is 11.5 Å². The molecule has 2 N–H and O–H groups in total. The lowest BCUT2D eigenvalue weighted by atomic mass is 9.92. The van der Waals surface area contributed by atoms with Gasteiger partial charge in [-0.05, 0) is 70.0 Å². The summed E-state index contributed by atoms with van der Waals surface area (Å²) in [4.78, 5) is 31.9. The summed E-state index contributed by atoms with van der Waals surface area (Å²) in [6.45, 7) is 7.75. The van der Waals surface area contributed by atoms with E-state index in [4.69, 9.17) is 16.3 Å². The zero-order valence-corrected chi connectivity index (χ0v) is 19.3. The molecule has 1 aliphatic heterocycles. The molecule has 7 nitrogen and oxygen atoms in total. The second kappa shape index (κ2) is 9.24. The second-order valence-electron chi connectivity index (χ2n) is 8.41. The molecule has 0 bridgehead atoms. The third-order valence-corrected chi connectivity index (χ3v) is 5.64. The highest BCUT2D eigenvalue weighted by Crippen LogP contribution is 2.43. The van der Waals surface area contributed by atoms with Crippen LogP contribution in [0.3, 0.4) is 0 Å². The van der Waals surface area contributed by atoms with E-state index in [1.54, 1.807) is 56.1 Å². The molecule has 3 rings (SSSR count). The fraction of sp³-hybridized carbons (Fsp3) is 0.435. The average molecular weight is 445 g/mol. The minimum Gasteiger partial charge on any atom is -0.460 e. The van der Waals surface area contributed by atoms with Crippen molar-refractivity contribution in [1.29, 1.82) is 0 Å². The van der Waals surface area contributed by atoms with Crippen LogP contribution in [0.5, 0.6) is 5.88 Å². The predicted molar refractivity (Wildman–Crippen MR) is 123 cm³/mol. The van der Waals surface area contributed by atoms with Crippen molar-refractivity contribution < 1.29 is 14.3 Å². The first-order chi connectivity index (χ1) is 14.6. The third kappa shape index (κ3) is 4.99. The number of aromatic nitrogens is 1. The molecule has 8 heteroatoms. The summed E-state index contributed by atoms with van der Waals surface area (Å²) in [5.74, 6) is 0.676. The summed E-state index contributed by atoms with van der Waals surface area (Å²) in [5, 5.41) is 6.20. The van der Waals surface area contributed by atoms with Gasteiger partial charge >= 0.3 is 0 Å². The Morgan fingerprint density at radius 3 is 2.65 bits per heavy atom. The summed E-state index contributed by atoms with van der Waals surface area (Å²) in [5.41, 5.74) is 0.0576. The maximum atomic E-state index is 13.6. The Labute approximate surface area is 188 Å². The lowest BCUT2D eigenvalue weighted by Crippen LogP contribution is -2.53. The lowest BCUT2D eigenvalue weighted by molar-refractivity contribution is -0.134. The van der Waals surface area contributed by atoms with Crippen molar-refractivity contribution in [2.45, 2.75) is 52.2 Å². The number of carbonyl (C=O) groups excluding carboxylic acids is 2. The van der Waals surface area contributed by atoms with Crippen molar-refractivity contribution in [2.24, 2.45) is 5.92 Å². The van der Waals surface area contributed by atoms with Crippen LogP contribution in [0.1, 0.15) is 40.5 Å². The van der Waals surface area contributed by atoms with E-state index < -0.39 is 5.60 Å². The zero-order valence-electron chi connectivity index (χ0n) is 18.5. The van der Waals surface area contributed by atoms with E-state index in [9.17, 15) is 9.59 Å². The van der Waals surface area contributed by atoms with Crippen molar-refractivity contribution in [3.05, 3.63) is 41.4 Å². The fourth-order valence-electron chi connectivity index (χ4n) is 3.31. The fourth-order valence-corrected chi connectivity index (χ4v) is 3.49. The largest absolute Gasteiger partial charge is 0.460 e. The maximum absolute atomic E-state index is 13.6. The number of nitrogens with zero attached hydrogens (tertiary/aromatic N) is 2. The molecule has 166 valence electrons. The second-order valence-corrected chi connectivity index (χ2v) is 8.84. The molecule has 1 aromatic carbocycles. The number of hydrogen-bond acceptors (Lipinski definition) is 5. The molecule has 0 aliphatic carbocycles. The molecule has 2 amide bonds. The maximum Gasteiger partial charge on any atom is 0.275 e. The van der Waals surface area contributed by atoms with E-state index in [2.05, 4.69) is 29.5 Å². The first kappa shape index (κ1) is 23.0. The molecule has 0 spiro atoms. The molecule has 1 aliphatic rings. The molecule has 2 atom stereocenters. The van der Waals surface area contributed by atoms with E-state index in [1.165, 1.54) is 0 Å². The number of benzene rings is 1. The summed E-state index contributed by atoms with van der Waals surface area (Å²) in [7, 11) is 1.71. The standard InChI is InChI=1S/C23H29ClN4O3/c1-14(2)11-12-23(4)22(30)28(17-8-6-7-16(24)13-17)18-9-10-19(27-21(18)31-23)26-20(29)15(3)25-5/h6-10,13-15,25H,11-12H2,1-5H3,(H,26,27,29)/t15-,23?/m0/s1. The van der Waals surface area contributed by atoms with Gasteiger partial charge in [-0.3, -0.25) is 14.5 Å². The van der Waals surface area contributed by atoms with Crippen molar-refractivity contribution in [3.8, 4) is 5.88 Å². The molecule has 1 unspecified atom stereocenters. The van der Waals surface area contributed by atoms with Crippen LogP contribution < -0.4 is 20.3 Å². The van der Waals surface area contributed by atoms with Crippen LogP contribution in [0.15, 0.2) is 36.4 Å². The highest BCUT2D eigenvalue weighted by Gasteiger charge is 2.46. The van der Waals surface area contributed by atoms with Gasteiger partial charge in [-0.2, -0.15) is 4.98 Å². The summed E-state index contributed by atoms with van der Waals surface area (Å²) >= 11 is 6.20. The number of ether oxygens (including phenoxy) is 1. The molecule has 0 saturated carbocycles. The van der Waals surface area contributed by atoms with Crippen LogP contribution in [0.25, 0.3) is 0 Å². The van der Waals surface area contributed by atoms with Crippen LogP contribution in [0, 0.1) is 5.92 Å². The topological polar surface area (TPSA) is 83.6 Å². The number of hydrogen-bond donors (Lipinski definition) is 2. The van der Waals surface area contributed by atoms with E-state index in [0.717, 1.165) is 6.42 Å². The van der Waals surface area contributed by atoms with Gasteiger partial charge in [0.25, 0.3) is 5.91 Å². The monoisotopic (exact) mass is 444 g/mol. The summed E-state index contributed by atoms with van der Waals surface area (Å²) in [6.07, 6.45) is 1.35. The van der Waals surface area contributed by atoms with Gasteiger partial charge in [-0.25, -0.2) is 0 Å². The van der Waals surface area contributed by atoms with Gasteiger partial charge in [0.05, 0.1) is 11.7 Å². The number of fused-ring (bicyclic) bond motifs is 1. The van der Waals surface area contributed by atoms with Crippen molar-refractivity contribution in [1.82, 2.24) is 10.3 Å². The minimum atomic E-state index is -1.09. The highest BCUT2D eigenvalue weighted by molar-refractivity contribution is 6.31. The highest BCUT2D eigenvalue weighted by atomic mass is 35.5. The number of anilines is 3. The molecule has 0 saturated heterocycles. The number of rotatable bonds is 7. The third-order valence-electron chi connectivity index (χ3n) is 5.40. The molecular formula is C23H29ClN4O3. The first-order valence-electron chi connectivity index (χ1n) is 10.4. The number of pyridine rings is 1. The molecule has 31 heavy (non-hydrogen) atoms. The van der Waals surface area contributed by atoms with Gasteiger partial charge < -0.3 is 15.4 Å². The van der Waals surface area contributed by atoms with Crippen LogP contribution in [-0.2, 0) is 9.59 Å². The SMILES string of the molecule is CN[C@@H](C)C(=O)Nc1ccc2c(n1)OC(C)(CCC(C)C)C(=O)N2c1cccc(Cl)c1. The Morgan fingerprint density at radius 1 is 1.26 bits per heavy atom. The molecule has 2 heterocycles. The zero-order chi connectivity index (χ0) is 22.8. The smallest absolute Gasteiger partial charge is 0.275 e. The molecular weight excluding hydrogens is 416 g/mol. The predicted octanol–water partition coefficient (Wildman–Crippen LogP) is 4.53. The molecule has 0 radical (unpaired) electrons. The Bertz CT molecular complexity index is 981. The van der Waals surface area contributed by atoms with Gasteiger partial charge in [0.15, 0.2) is 5.60 Å². The lowest BCUT2D eigenvalue weighted by Gasteiger charge is -2.40. The normalized spacial score (nSPS) is 19.1. The van der Waals surface area contributed by atoms with Gasteiger partial charge in [0, 0.05) is 5.02 Å². The van der Waals surface area contributed by atoms with Crippen LogP contribution in [-0.4, -0.2) is 35.5 Å². The molecule has 1 aromatic heterocycles. The van der Waals surface area contributed by atoms with Crippen LogP contribution in [0.4, 0.5) is 17.2 Å². The number of nitrogens with one attached hydrogen (secondary N) is 2. The Morgan fingerprint density at radius 2 is 2.00 bits per heavy atom. The number of halogens is 1. The van der Waals surface area contributed by atoms with Crippen LogP contribution in [0.2, 0.25) is 5.02 Å². The summed E-state index contributed by atoms with van der Waals surface area (Å²) in [6, 6.07) is 10.1. The van der Waals surface area contributed by atoms with Gasteiger partial charge in [-0.1, -0.05) is 31.5 Å².